The van der Waals surface area contributed by atoms with E-state index < -0.39 is 0 Å². The SMILES string of the molecule is Cc1c(C)c2c(c(C)c1OC(=O)CCC(=O)CCCC1CCN(CCSCSCCN3CCC(CCCC(=O)CCC(=O)Oc4c(C)c(C)c5c(c4C)CCC(C)(CCCC(C)CCCC(C)CCCC(C)C)O5)CC3)CC1)CCC(C)(CCCC(C)CCCC(C)CCCC(C)C)O2. The fraction of sp³-hybridized carbons (Fsp3) is 0.816. The first-order valence-electron chi connectivity index (χ1n) is 40.9. The molecular formula is C87H146N2O8S2. The number of piperidine rings is 2. The number of fused-ring (bicyclic) bond motifs is 2. The predicted octanol–water partition coefficient (Wildman–Crippen LogP) is 23.0. The van der Waals surface area contributed by atoms with Crippen LogP contribution < -0.4 is 18.9 Å². The molecule has 4 aliphatic heterocycles. The number of ketones is 2. The van der Waals surface area contributed by atoms with E-state index in [0.29, 0.717) is 36.2 Å². The van der Waals surface area contributed by atoms with Gasteiger partial charge in [-0.25, -0.2) is 0 Å². The van der Waals surface area contributed by atoms with E-state index in [4.69, 9.17) is 18.9 Å². The van der Waals surface area contributed by atoms with Crippen LogP contribution in [0.3, 0.4) is 0 Å². The van der Waals surface area contributed by atoms with E-state index in [1.807, 2.05) is 13.8 Å². The number of carbonyl (C=O) groups is 4. The molecule has 4 aliphatic rings. The van der Waals surface area contributed by atoms with Crippen LogP contribution in [-0.2, 0) is 32.0 Å². The highest BCUT2D eigenvalue weighted by Crippen LogP contribution is 2.47. The lowest BCUT2D eigenvalue weighted by atomic mass is 9.83. The lowest BCUT2D eigenvalue weighted by molar-refractivity contribution is -0.136. The number of nitrogens with zero attached hydrogens (tertiary/aromatic N) is 2. The van der Waals surface area contributed by atoms with E-state index >= 15 is 0 Å². The number of thioether (sulfide) groups is 2. The molecule has 0 bridgehead atoms. The molecule has 10 nitrogen and oxygen atoms in total. The van der Waals surface area contributed by atoms with E-state index in [9.17, 15) is 19.2 Å². The molecule has 0 N–H and O–H groups in total. The molecular weight excluding hydrogens is 1270 g/mol. The number of Topliss-reactive ketones (excluding diaryl/α,β-unsaturated/α-hetero) is 2. The lowest BCUT2D eigenvalue weighted by Gasteiger charge is -2.38. The highest BCUT2D eigenvalue weighted by Gasteiger charge is 2.37. The fourth-order valence-electron chi connectivity index (χ4n) is 16.6. The summed E-state index contributed by atoms with van der Waals surface area (Å²) >= 11 is 4.14. The van der Waals surface area contributed by atoms with Gasteiger partial charge in [-0.15, -0.1) is 23.5 Å². The van der Waals surface area contributed by atoms with Crippen molar-refractivity contribution in [3.8, 4) is 23.0 Å². The Balaban J connectivity index is 0.733. The van der Waals surface area contributed by atoms with Crippen molar-refractivity contribution in [2.24, 2.45) is 47.3 Å². The van der Waals surface area contributed by atoms with Gasteiger partial charge in [-0.2, -0.15) is 0 Å². The van der Waals surface area contributed by atoms with Crippen LogP contribution in [0.15, 0.2) is 0 Å². The Morgan fingerprint density at radius 1 is 0.434 bits per heavy atom. The summed E-state index contributed by atoms with van der Waals surface area (Å²) in [5.41, 5.74) is 8.01. The van der Waals surface area contributed by atoms with Crippen molar-refractivity contribution < 1.29 is 38.1 Å². The number of likely N-dealkylation sites (tertiary alicyclic amines) is 2. The second-order valence-corrected chi connectivity index (χ2v) is 36.7. The predicted molar refractivity (Wildman–Crippen MR) is 421 cm³/mol. The summed E-state index contributed by atoms with van der Waals surface area (Å²) in [6, 6.07) is 0. The van der Waals surface area contributed by atoms with Crippen LogP contribution >= 0.6 is 23.5 Å². The molecule has 0 aromatic heterocycles. The second kappa shape index (κ2) is 44.0. The zero-order chi connectivity index (χ0) is 72.1. The molecule has 6 unspecified atom stereocenters. The fourth-order valence-corrected chi connectivity index (χ4v) is 18.8. The van der Waals surface area contributed by atoms with E-state index in [-0.39, 0.29) is 60.4 Å². The highest BCUT2D eigenvalue weighted by atomic mass is 32.2. The molecule has 2 aromatic rings. The Morgan fingerprint density at radius 3 is 1.11 bits per heavy atom. The number of benzene rings is 2. The maximum absolute atomic E-state index is 13.2. The smallest absolute Gasteiger partial charge is 0.311 e. The van der Waals surface area contributed by atoms with Crippen molar-refractivity contribution in [1.29, 1.82) is 0 Å². The minimum absolute atomic E-state index is 0.122. The van der Waals surface area contributed by atoms with Crippen LogP contribution in [0.25, 0.3) is 0 Å². The molecule has 0 amide bonds. The Labute approximate surface area is 615 Å². The van der Waals surface area contributed by atoms with Gasteiger partial charge in [0.05, 0.1) is 12.8 Å². The van der Waals surface area contributed by atoms with Crippen LogP contribution in [0, 0.1) is 88.9 Å². The summed E-state index contributed by atoms with van der Waals surface area (Å²) in [7, 11) is 0. The van der Waals surface area contributed by atoms with E-state index in [1.165, 1.54) is 151 Å². The molecule has 0 spiro atoms. The number of esters is 2. The maximum atomic E-state index is 13.2. The van der Waals surface area contributed by atoms with Crippen LogP contribution in [-0.4, -0.2) is 100 Å². The Bertz CT molecular complexity index is 2580. The van der Waals surface area contributed by atoms with Gasteiger partial charge >= 0.3 is 11.9 Å². The Morgan fingerprint density at radius 2 is 0.768 bits per heavy atom. The largest absolute Gasteiger partial charge is 0.487 e. The Hall–Kier alpha value is -3.06. The number of rotatable bonds is 48. The molecule has 2 saturated heterocycles. The van der Waals surface area contributed by atoms with E-state index in [0.717, 1.165) is 189 Å². The average molecular weight is 1410 g/mol. The van der Waals surface area contributed by atoms with Crippen molar-refractivity contribution in [3.63, 3.8) is 0 Å². The minimum atomic E-state index is -0.319. The average Bonchev–Trinajstić information content (AvgIpc) is 0.767. The monoisotopic (exact) mass is 1410 g/mol. The maximum Gasteiger partial charge on any atom is 0.311 e. The molecule has 0 radical (unpaired) electrons. The zero-order valence-corrected chi connectivity index (χ0v) is 68.0. The molecule has 99 heavy (non-hydrogen) atoms. The third kappa shape index (κ3) is 30.1. The van der Waals surface area contributed by atoms with Gasteiger partial charge in [-0.3, -0.25) is 19.2 Å². The van der Waals surface area contributed by atoms with Crippen LogP contribution in [0.2, 0.25) is 0 Å². The molecule has 2 aromatic carbocycles. The number of hydrogen-bond donors (Lipinski definition) is 0. The first kappa shape index (κ1) is 84.9. The molecule has 4 heterocycles. The number of ether oxygens (including phenoxy) is 4. The van der Waals surface area contributed by atoms with E-state index in [1.54, 1.807) is 0 Å². The van der Waals surface area contributed by atoms with Crippen molar-refractivity contribution in [3.05, 3.63) is 44.5 Å². The van der Waals surface area contributed by atoms with Crippen molar-refractivity contribution in [2.75, 3.05) is 55.9 Å². The molecule has 12 heteroatoms. The van der Waals surface area contributed by atoms with Crippen LogP contribution in [0.1, 0.15) is 332 Å². The summed E-state index contributed by atoms with van der Waals surface area (Å²) in [5, 5.41) is 1.14. The normalized spacial score (nSPS) is 19.9. The zero-order valence-electron chi connectivity index (χ0n) is 66.4. The summed E-state index contributed by atoms with van der Waals surface area (Å²) < 4.78 is 25.9. The standard InChI is InChI=1S/C87H146N2O8S2/c1-62(2)25-17-27-64(5)29-19-31-66(7)33-23-49-86(15)51-43-78-72(13)82(68(9)70(11)84(78)96-86)94-80(92)41-39-76(90)37-21-35-74-45-53-88(54-46-74)57-59-98-61-99-60-58-89-55-47-75(48-56-89)36-22-38-77(91)40-42-81(93)95-83-69(10)71(12)85-79(73(83)14)44-52-87(16,97-85)50-24-34-67(8)32-20-30-65(6)28-18-26-63(3)4/h62-67,74-75H,17-61H2,1-16H3. The third-order valence-electron chi connectivity index (χ3n) is 24.1. The Kier molecular flexibility index (Phi) is 37.7. The van der Waals surface area contributed by atoms with Gasteiger partial charge in [0.15, 0.2) is 0 Å². The van der Waals surface area contributed by atoms with Crippen LogP contribution in [0.4, 0.5) is 0 Å². The van der Waals surface area contributed by atoms with Gasteiger partial charge in [0.2, 0.25) is 0 Å². The topological polar surface area (TPSA) is 112 Å². The van der Waals surface area contributed by atoms with E-state index in [2.05, 4.69) is 130 Å². The quantitative estimate of drug-likeness (QED) is 0.0272. The second-order valence-electron chi connectivity index (χ2n) is 34.2. The van der Waals surface area contributed by atoms with Gasteiger partial charge in [0.25, 0.3) is 0 Å². The molecule has 6 atom stereocenters. The van der Waals surface area contributed by atoms with Gasteiger partial charge in [-0.05, 0) is 265 Å². The first-order chi connectivity index (χ1) is 47.2. The molecule has 2 fully saturated rings. The van der Waals surface area contributed by atoms with Gasteiger partial charge in [0, 0.05) is 66.5 Å². The summed E-state index contributed by atoms with van der Waals surface area (Å²) in [6.07, 6.45) is 37.6. The molecule has 0 aliphatic carbocycles. The van der Waals surface area contributed by atoms with Crippen molar-refractivity contribution in [2.45, 2.75) is 353 Å². The summed E-state index contributed by atoms with van der Waals surface area (Å²) in [4.78, 5) is 57.8. The van der Waals surface area contributed by atoms with Crippen molar-refractivity contribution >= 4 is 47.0 Å². The third-order valence-corrected chi connectivity index (χ3v) is 26.4. The summed E-state index contributed by atoms with van der Waals surface area (Å²) in [5.74, 6) is 11.5. The lowest BCUT2D eigenvalue weighted by Crippen LogP contribution is -2.37. The van der Waals surface area contributed by atoms with Gasteiger partial charge < -0.3 is 28.7 Å². The summed E-state index contributed by atoms with van der Waals surface area (Å²) in [6.45, 7) is 43.0. The highest BCUT2D eigenvalue weighted by molar-refractivity contribution is 8.16. The minimum Gasteiger partial charge on any atom is -0.487 e. The molecule has 564 valence electrons. The molecule has 6 rings (SSSR count). The number of carbonyl (C=O) groups excluding carboxylic acids is 4. The first-order valence-corrected chi connectivity index (χ1v) is 43.2. The number of hydrogen-bond acceptors (Lipinski definition) is 12. The van der Waals surface area contributed by atoms with Gasteiger partial charge in [0.1, 0.15) is 45.8 Å². The van der Waals surface area contributed by atoms with Crippen molar-refractivity contribution in [1.82, 2.24) is 9.80 Å². The van der Waals surface area contributed by atoms with Gasteiger partial charge in [-0.1, -0.05) is 145 Å². The molecule has 0 saturated carbocycles. The van der Waals surface area contributed by atoms with Crippen LogP contribution in [0.5, 0.6) is 23.0 Å².